The van der Waals surface area contributed by atoms with Crippen LogP contribution in [-0.2, 0) is 15.8 Å². The van der Waals surface area contributed by atoms with Crippen molar-refractivity contribution >= 4 is 16.2 Å². The van der Waals surface area contributed by atoms with E-state index in [4.69, 9.17) is 0 Å². The summed E-state index contributed by atoms with van der Waals surface area (Å²) in [6.45, 7) is 1.98. The zero-order valence-electron chi connectivity index (χ0n) is 10.7. The Labute approximate surface area is 113 Å². The summed E-state index contributed by atoms with van der Waals surface area (Å²) in [7, 11) is -3.47. The molecule has 2 rings (SSSR count). The molecule has 2 aromatic carbocycles. The van der Waals surface area contributed by atoms with Crippen molar-refractivity contribution in [1.82, 2.24) is 0 Å². The Morgan fingerprint density at radius 3 is 2.26 bits per heavy atom. The number of nitrogens with zero attached hydrogens (tertiary/aromatic N) is 1. The summed E-state index contributed by atoms with van der Waals surface area (Å²) in [6, 6.07) is 16.6. The van der Waals surface area contributed by atoms with Crippen LogP contribution in [0.1, 0.15) is 16.7 Å². The summed E-state index contributed by atoms with van der Waals surface area (Å²) in [5, 5.41) is 0. The predicted octanol–water partition coefficient (Wildman–Crippen LogP) is 2.94. The lowest BCUT2D eigenvalue weighted by atomic mass is 10.2. The van der Waals surface area contributed by atoms with Crippen LogP contribution in [0.5, 0.6) is 0 Å². The highest BCUT2D eigenvalue weighted by molar-refractivity contribution is 7.89. The van der Waals surface area contributed by atoms with Gasteiger partial charge in [0.2, 0.25) is 0 Å². The third kappa shape index (κ3) is 4.34. The third-order valence-electron chi connectivity index (χ3n) is 2.63. The van der Waals surface area contributed by atoms with E-state index in [2.05, 4.69) is 4.40 Å². The molecule has 0 heterocycles. The van der Waals surface area contributed by atoms with Crippen LogP contribution in [0.3, 0.4) is 0 Å². The molecule has 2 aromatic rings. The van der Waals surface area contributed by atoms with E-state index in [-0.39, 0.29) is 5.75 Å². The SMILES string of the molecule is Cc1ccc(C=NS(=O)(=O)Cc2ccccc2)cc1. The fourth-order valence-corrected chi connectivity index (χ4v) is 2.59. The normalized spacial score (nSPS) is 11.8. The Balaban J connectivity index is 2.11. The minimum atomic E-state index is -3.47. The summed E-state index contributed by atoms with van der Waals surface area (Å²) in [4.78, 5) is 0. The van der Waals surface area contributed by atoms with Crippen molar-refractivity contribution in [2.75, 3.05) is 0 Å². The molecule has 0 N–H and O–H groups in total. The lowest BCUT2D eigenvalue weighted by molar-refractivity contribution is 0.597. The van der Waals surface area contributed by atoms with Gasteiger partial charge in [0.05, 0.1) is 5.75 Å². The lowest BCUT2D eigenvalue weighted by Gasteiger charge is -1.99. The number of hydrogen-bond donors (Lipinski definition) is 0. The molecule has 0 saturated heterocycles. The molecular weight excluding hydrogens is 258 g/mol. The van der Waals surface area contributed by atoms with Gasteiger partial charge in [0.15, 0.2) is 0 Å². The molecule has 98 valence electrons. The van der Waals surface area contributed by atoms with Gasteiger partial charge in [0.1, 0.15) is 0 Å². The average Bonchev–Trinajstić information content (AvgIpc) is 2.39. The molecule has 0 bridgehead atoms. The summed E-state index contributed by atoms with van der Waals surface area (Å²) in [5.74, 6) is -0.0732. The number of sulfonamides is 1. The fourth-order valence-electron chi connectivity index (χ4n) is 1.62. The second-order valence-corrected chi connectivity index (χ2v) is 6.02. The molecule has 0 atom stereocenters. The van der Waals surface area contributed by atoms with Gasteiger partial charge in [-0.25, -0.2) is 8.42 Å². The van der Waals surface area contributed by atoms with E-state index >= 15 is 0 Å². The monoisotopic (exact) mass is 273 g/mol. The van der Waals surface area contributed by atoms with Gasteiger partial charge in [-0.2, -0.15) is 4.40 Å². The van der Waals surface area contributed by atoms with Crippen LogP contribution in [0, 0.1) is 6.92 Å². The fraction of sp³-hybridized carbons (Fsp3) is 0.133. The summed E-state index contributed by atoms with van der Waals surface area (Å²) < 4.78 is 27.4. The maximum atomic E-state index is 11.8. The average molecular weight is 273 g/mol. The minimum absolute atomic E-state index is 0.0732. The summed E-state index contributed by atoms with van der Waals surface area (Å²) >= 11 is 0. The van der Waals surface area contributed by atoms with Gasteiger partial charge in [-0.3, -0.25) is 0 Å². The Bertz CT molecular complexity index is 659. The Hall–Kier alpha value is -1.94. The van der Waals surface area contributed by atoms with E-state index < -0.39 is 10.0 Å². The molecule has 0 saturated carbocycles. The highest BCUT2D eigenvalue weighted by Crippen LogP contribution is 2.07. The molecule has 0 radical (unpaired) electrons. The summed E-state index contributed by atoms with van der Waals surface area (Å²) in [6.07, 6.45) is 1.39. The van der Waals surface area contributed by atoms with Gasteiger partial charge in [-0.15, -0.1) is 0 Å². The van der Waals surface area contributed by atoms with Gasteiger partial charge >= 0.3 is 0 Å². The van der Waals surface area contributed by atoms with Crippen LogP contribution in [0.4, 0.5) is 0 Å². The van der Waals surface area contributed by atoms with Crippen LogP contribution in [0.25, 0.3) is 0 Å². The van der Waals surface area contributed by atoms with Crippen LogP contribution in [0.2, 0.25) is 0 Å². The van der Waals surface area contributed by atoms with E-state index in [0.29, 0.717) is 0 Å². The van der Waals surface area contributed by atoms with Gasteiger partial charge in [0, 0.05) is 6.21 Å². The number of hydrogen-bond acceptors (Lipinski definition) is 2. The van der Waals surface area contributed by atoms with Crippen molar-refractivity contribution in [2.45, 2.75) is 12.7 Å². The van der Waals surface area contributed by atoms with Crippen LogP contribution in [0.15, 0.2) is 59.0 Å². The standard InChI is InChI=1S/C15H15NO2S/c1-13-7-9-14(10-8-13)11-16-19(17,18)12-15-5-3-2-4-6-15/h2-11H,12H2,1H3. The van der Waals surface area contributed by atoms with Crippen molar-refractivity contribution in [2.24, 2.45) is 4.40 Å². The molecule has 0 aliphatic carbocycles. The Morgan fingerprint density at radius 2 is 1.63 bits per heavy atom. The van der Waals surface area contributed by atoms with Crippen molar-refractivity contribution in [1.29, 1.82) is 0 Å². The molecule has 19 heavy (non-hydrogen) atoms. The molecule has 0 amide bonds. The smallest absolute Gasteiger partial charge is 0.204 e. The van der Waals surface area contributed by atoms with Gasteiger partial charge in [-0.1, -0.05) is 60.2 Å². The predicted molar refractivity (Wildman–Crippen MR) is 77.8 cm³/mol. The molecule has 3 nitrogen and oxygen atoms in total. The van der Waals surface area contributed by atoms with Crippen molar-refractivity contribution in [3.63, 3.8) is 0 Å². The van der Waals surface area contributed by atoms with E-state index in [1.165, 1.54) is 6.21 Å². The molecule has 0 unspecified atom stereocenters. The first kappa shape index (κ1) is 13.5. The molecule has 0 fully saturated rings. The van der Waals surface area contributed by atoms with E-state index in [1.54, 1.807) is 12.1 Å². The van der Waals surface area contributed by atoms with Crippen LogP contribution >= 0.6 is 0 Å². The highest BCUT2D eigenvalue weighted by atomic mass is 32.2. The van der Waals surface area contributed by atoms with E-state index in [1.807, 2.05) is 49.4 Å². The molecule has 0 aliphatic heterocycles. The largest absolute Gasteiger partial charge is 0.257 e. The zero-order valence-corrected chi connectivity index (χ0v) is 11.5. The molecule has 0 spiro atoms. The van der Waals surface area contributed by atoms with Crippen molar-refractivity contribution < 1.29 is 8.42 Å². The number of benzene rings is 2. The quantitative estimate of drug-likeness (QED) is 0.804. The first-order chi connectivity index (χ1) is 9.05. The van der Waals surface area contributed by atoms with Gasteiger partial charge in [0.25, 0.3) is 10.0 Å². The zero-order chi connectivity index (χ0) is 13.7. The number of aryl methyl sites for hydroxylation is 1. The van der Waals surface area contributed by atoms with Crippen LogP contribution < -0.4 is 0 Å². The first-order valence-corrected chi connectivity index (χ1v) is 7.55. The molecule has 0 aromatic heterocycles. The van der Waals surface area contributed by atoms with Crippen molar-refractivity contribution in [3.8, 4) is 0 Å². The third-order valence-corrected chi connectivity index (χ3v) is 3.76. The number of rotatable bonds is 4. The molecule has 0 aliphatic rings. The first-order valence-electron chi connectivity index (χ1n) is 5.94. The maximum Gasteiger partial charge on any atom is 0.257 e. The van der Waals surface area contributed by atoms with Gasteiger partial charge < -0.3 is 0 Å². The molecular formula is C15H15NO2S. The van der Waals surface area contributed by atoms with Crippen molar-refractivity contribution in [3.05, 3.63) is 71.3 Å². The Kier molecular flexibility index (Phi) is 4.12. The minimum Gasteiger partial charge on any atom is -0.204 e. The van der Waals surface area contributed by atoms with Crippen LogP contribution in [-0.4, -0.2) is 14.6 Å². The van der Waals surface area contributed by atoms with Gasteiger partial charge in [-0.05, 0) is 18.1 Å². The summed E-state index contributed by atoms with van der Waals surface area (Å²) in [5.41, 5.74) is 2.65. The second-order valence-electron chi connectivity index (χ2n) is 4.36. The Morgan fingerprint density at radius 1 is 1.00 bits per heavy atom. The topological polar surface area (TPSA) is 46.5 Å². The highest BCUT2D eigenvalue weighted by Gasteiger charge is 2.08. The molecule has 4 heteroatoms. The van der Waals surface area contributed by atoms with E-state index in [9.17, 15) is 8.42 Å². The lowest BCUT2D eigenvalue weighted by Crippen LogP contribution is -2.01. The maximum absolute atomic E-state index is 11.8. The second kappa shape index (κ2) is 5.80. The van der Waals surface area contributed by atoms with E-state index in [0.717, 1.165) is 16.7 Å².